The SMILES string of the molecule is CC[C@H](CO)NCc1cnc(N(C)C)n1C. The third-order valence-electron chi connectivity index (χ3n) is 2.74. The van der Waals surface area contributed by atoms with Crippen molar-refractivity contribution in [3.63, 3.8) is 0 Å². The molecule has 92 valence electrons. The average Bonchev–Trinajstić information content (AvgIpc) is 2.62. The molecule has 1 rings (SSSR count). The maximum Gasteiger partial charge on any atom is 0.204 e. The number of nitrogens with zero attached hydrogens (tertiary/aromatic N) is 3. The summed E-state index contributed by atoms with van der Waals surface area (Å²) in [6, 6.07) is 0.165. The average molecular weight is 226 g/mol. The van der Waals surface area contributed by atoms with Crippen molar-refractivity contribution < 1.29 is 5.11 Å². The largest absolute Gasteiger partial charge is 0.395 e. The Kier molecular flexibility index (Phi) is 4.76. The number of hydrogen-bond acceptors (Lipinski definition) is 4. The molecule has 0 aliphatic carbocycles. The summed E-state index contributed by atoms with van der Waals surface area (Å²) < 4.78 is 2.05. The molecule has 0 saturated heterocycles. The Hall–Kier alpha value is -1.07. The number of anilines is 1. The summed E-state index contributed by atoms with van der Waals surface area (Å²) >= 11 is 0. The molecule has 16 heavy (non-hydrogen) atoms. The molecule has 0 unspecified atom stereocenters. The van der Waals surface area contributed by atoms with E-state index in [9.17, 15) is 0 Å². The molecule has 0 fully saturated rings. The van der Waals surface area contributed by atoms with Gasteiger partial charge in [0, 0.05) is 33.7 Å². The maximum absolute atomic E-state index is 9.07. The lowest BCUT2D eigenvalue weighted by molar-refractivity contribution is 0.237. The summed E-state index contributed by atoms with van der Waals surface area (Å²) in [7, 11) is 5.95. The fourth-order valence-electron chi connectivity index (χ4n) is 1.60. The Morgan fingerprint density at radius 2 is 2.25 bits per heavy atom. The Balaban J connectivity index is 2.61. The number of aliphatic hydroxyl groups is 1. The zero-order valence-electron chi connectivity index (χ0n) is 10.6. The van der Waals surface area contributed by atoms with Crippen LogP contribution in [0.4, 0.5) is 5.95 Å². The van der Waals surface area contributed by atoms with Crippen LogP contribution in [0.3, 0.4) is 0 Å². The van der Waals surface area contributed by atoms with Crippen molar-refractivity contribution in [2.75, 3.05) is 25.6 Å². The summed E-state index contributed by atoms with van der Waals surface area (Å²) in [4.78, 5) is 6.31. The first-order chi connectivity index (χ1) is 7.60. The van der Waals surface area contributed by atoms with E-state index < -0.39 is 0 Å². The van der Waals surface area contributed by atoms with Gasteiger partial charge >= 0.3 is 0 Å². The van der Waals surface area contributed by atoms with Gasteiger partial charge in [-0.3, -0.25) is 0 Å². The first kappa shape index (κ1) is 13.0. The zero-order valence-corrected chi connectivity index (χ0v) is 10.6. The number of nitrogens with one attached hydrogen (secondary N) is 1. The van der Waals surface area contributed by atoms with Gasteiger partial charge in [-0.25, -0.2) is 4.98 Å². The number of imidazole rings is 1. The van der Waals surface area contributed by atoms with Crippen molar-refractivity contribution in [3.05, 3.63) is 11.9 Å². The molecule has 1 atom stereocenters. The Morgan fingerprint density at radius 1 is 1.56 bits per heavy atom. The van der Waals surface area contributed by atoms with Crippen LogP contribution in [0, 0.1) is 0 Å². The van der Waals surface area contributed by atoms with Gasteiger partial charge in [0.25, 0.3) is 0 Å². The molecule has 0 aliphatic heterocycles. The topological polar surface area (TPSA) is 53.3 Å². The first-order valence-corrected chi connectivity index (χ1v) is 5.62. The van der Waals surface area contributed by atoms with Gasteiger partial charge in [-0.2, -0.15) is 0 Å². The van der Waals surface area contributed by atoms with E-state index in [2.05, 4.69) is 21.8 Å². The van der Waals surface area contributed by atoms with Gasteiger partial charge < -0.3 is 19.9 Å². The van der Waals surface area contributed by atoms with Gasteiger partial charge in [-0.15, -0.1) is 0 Å². The van der Waals surface area contributed by atoms with Crippen LogP contribution in [-0.4, -0.2) is 41.4 Å². The van der Waals surface area contributed by atoms with Crippen molar-refractivity contribution in [2.24, 2.45) is 7.05 Å². The number of hydrogen-bond donors (Lipinski definition) is 2. The second kappa shape index (κ2) is 5.86. The van der Waals surface area contributed by atoms with Crippen LogP contribution in [0.1, 0.15) is 19.0 Å². The number of aliphatic hydroxyl groups excluding tert-OH is 1. The quantitative estimate of drug-likeness (QED) is 0.735. The van der Waals surface area contributed by atoms with Crippen molar-refractivity contribution in [3.8, 4) is 0 Å². The molecule has 2 N–H and O–H groups in total. The van der Waals surface area contributed by atoms with E-state index in [0.29, 0.717) is 0 Å². The second-order valence-corrected chi connectivity index (χ2v) is 4.17. The van der Waals surface area contributed by atoms with Crippen molar-refractivity contribution >= 4 is 5.95 Å². The molecule has 1 heterocycles. The van der Waals surface area contributed by atoms with Gasteiger partial charge in [0.05, 0.1) is 18.5 Å². The molecule has 0 aliphatic rings. The van der Waals surface area contributed by atoms with Crippen LogP contribution in [0.25, 0.3) is 0 Å². The highest BCUT2D eigenvalue weighted by Gasteiger charge is 2.09. The molecule has 5 heteroatoms. The molecule has 1 aromatic rings. The van der Waals surface area contributed by atoms with Crippen LogP contribution in [0.15, 0.2) is 6.20 Å². The van der Waals surface area contributed by atoms with Gasteiger partial charge in [-0.05, 0) is 6.42 Å². The van der Waals surface area contributed by atoms with Crippen molar-refractivity contribution in [1.29, 1.82) is 0 Å². The van der Waals surface area contributed by atoms with Crippen molar-refractivity contribution in [1.82, 2.24) is 14.9 Å². The van der Waals surface area contributed by atoms with E-state index >= 15 is 0 Å². The molecular weight excluding hydrogens is 204 g/mol. The second-order valence-electron chi connectivity index (χ2n) is 4.17. The highest BCUT2D eigenvalue weighted by Crippen LogP contribution is 2.10. The Labute approximate surface area is 97.1 Å². The molecule has 0 spiro atoms. The molecule has 5 nitrogen and oxygen atoms in total. The van der Waals surface area contributed by atoms with Crippen LogP contribution in [0.5, 0.6) is 0 Å². The molecule has 0 amide bonds. The molecule has 0 saturated carbocycles. The van der Waals surface area contributed by atoms with Gasteiger partial charge in [-0.1, -0.05) is 6.92 Å². The van der Waals surface area contributed by atoms with Gasteiger partial charge in [0.2, 0.25) is 5.95 Å². The summed E-state index contributed by atoms with van der Waals surface area (Å²) in [5.41, 5.74) is 1.12. The van der Waals surface area contributed by atoms with E-state index in [1.165, 1.54) is 0 Å². The predicted octanol–water partition coefficient (Wildman–Crippen LogP) is 0.347. The van der Waals surface area contributed by atoms with Crippen LogP contribution < -0.4 is 10.2 Å². The van der Waals surface area contributed by atoms with E-state index in [0.717, 1.165) is 24.6 Å². The lowest BCUT2D eigenvalue weighted by atomic mass is 10.2. The fraction of sp³-hybridized carbons (Fsp3) is 0.727. The Bertz CT molecular complexity index is 318. The Morgan fingerprint density at radius 3 is 2.69 bits per heavy atom. The fourth-order valence-corrected chi connectivity index (χ4v) is 1.60. The molecule has 0 radical (unpaired) electrons. The summed E-state index contributed by atoms with van der Waals surface area (Å²) in [6.07, 6.45) is 2.79. The summed E-state index contributed by atoms with van der Waals surface area (Å²) in [6.45, 7) is 2.97. The molecule has 0 bridgehead atoms. The number of rotatable bonds is 6. The zero-order chi connectivity index (χ0) is 12.1. The molecular formula is C11H22N4O. The summed E-state index contributed by atoms with van der Waals surface area (Å²) in [5.74, 6) is 0.939. The van der Waals surface area contributed by atoms with Gasteiger partial charge in [0.1, 0.15) is 0 Å². The standard InChI is InChI=1S/C11H22N4O/c1-5-9(8-16)12-6-10-7-13-11(14(2)3)15(10)4/h7,9,12,16H,5-6,8H2,1-4H3/t9-/m1/s1. The summed E-state index contributed by atoms with van der Waals surface area (Å²) in [5, 5.41) is 12.4. The van der Waals surface area contributed by atoms with E-state index in [1.54, 1.807) is 0 Å². The lowest BCUT2D eigenvalue weighted by Gasteiger charge is -2.15. The predicted molar refractivity (Wildman–Crippen MR) is 65.5 cm³/mol. The van der Waals surface area contributed by atoms with E-state index in [1.807, 2.05) is 32.2 Å². The first-order valence-electron chi connectivity index (χ1n) is 5.62. The smallest absolute Gasteiger partial charge is 0.204 e. The third kappa shape index (κ3) is 2.96. The maximum atomic E-state index is 9.07. The minimum atomic E-state index is 0.165. The minimum Gasteiger partial charge on any atom is -0.395 e. The van der Waals surface area contributed by atoms with E-state index in [4.69, 9.17) is 5.11 Å². The van der Waals surface area contributed by atoms with Crippen LogP contribution in [-0.2, 0) is 13.6 Å². The molecule has 1 aromatic heterocycles. The van der Waals surface area contributed by atoms with Crippen molar-refractivity contribution in [2.45, 2.75) is 25.9 Å². The minimum absolute atomic E-state index is 0.165. The van der Waals surface area contributed by atoms with E-state index in [-0.39, 0.29) is 12.6 Å². The van der Waals surface area contributed by atoms with Crippen LogP contribution >= 0.6 is 0 Å². The monoisotopic (exact) mass is 226 g/mol. The third-order valence-corrected chi connectivity index (χ3v) is 2.74. The highest BCUT2D eigenvalue weighted by atomic mass is 16.3. The van der Waals surface area contributed by atoms with Crippen LogP contribution in [0.2, 0.25) is 0 Å². The molecule has 0 aromatic carbocycles. The lowest BCUT2D eigenvalue weighted by Crippen LogP contribution is -2.31. The normalized spacial score (nSPS) is 12.8. The van der Waals surface area contributed by atoms with Gasteiger partial charge in [0.15, 0.2) is 0 Å². The number of aromatic nitrogens is 2. The highest BCUT2D eigenvalue weighted by molar-refractivity contribution is 5.30.